The highest BCUT2D eigenvalue weighted by atomic mass is 16.5. The van der Waals surface area contributed by atoms with Crippen LogP contribution >= 0.6 is 0 Å². The average molecular weight is 334 g/mol. The zero-order valence-corrected chi connectivity index (χ0v) is 15.0. The lowest BCUT2D eigenvalue weighted by Crippen LogP contribution is -2.31. The predicted molar refractivity (Wildman–Crippen MR) is 92.1 cm³/mol. The lowest BCUT2D eigenvalue weighted by molar-refractivity contribution is 0.0644. The lowest BCUT2D eigenvalue weighted by atomic mass is 10.0. The van der Waals surface area contributed by atoms with E-state index in [2.05, 4.69) is 4.98 Å². The van der Waals surface area contributed by atoms with Crippen molar-refractivity contribution in [2.24, 2.45) is 0 Å². The quantitative estimate of drug-likeness (QED) is 0.807. The minimum absolute atomic E-state index is 0.252. The maximum atomic E-state index is 9.53. The van der Waals surface area contributed by atoms with E-state index in [1.54, 1.807) is 7.11 Å². The Bertz CT molecular complexity index is 697. The van der Waals surface area contributed by atoms with E-state index >= 15 is 0 Å². The van der Waals surface area contributed by atoms with Crippen LogP contribution < -0.4 is 4.74 Å². The number of hydrogen-bond donors (Lipinski definition) is 2. The second-order valence-corrected chi connectivity index (χ2v) is 6.19. The van der Waals surface area contributed by atoms with Gasteiger partial charge in [0.2, 0.25) is 5.89 Å². The number of likely N-dealkylation sites (N-methyl/N-ethyl adjacent to an activating group) is 1. The number of methoxy groups -OCH3 is 1. The second kappa shape index (κ2) is 7.79. The Morgan fingerprint density at radius 1 is 1.25 bits per heavy atom. The van der Waals surface area contributed by atoms with Crippen LogP contribution in [0.2, 0.25) is 0 Å². The largest absolute Gasteiger partial charge is 0.496 e. The van der Waals surface area contributed by atoms with Crippen molar-refractivity contribution in [2.75, 3.05) is 27.3 Å². The average Bonchev–Trinajstić information content (AvgIpc) is 2.89. The Labute approximate surface area is 142 Å². The van der Waals surface area contributed by atoms with Crippen LogP contribution in [-0.2, 0) is 6.54 Å². The SMILES string of the molecule is COc1cc(C)c(-c2nc(CN(C)C[C@H](O)CO)c(C)o2)cc1C. The standard InChI is InChI=1S/C18H26N2O4/c1-11-7-17(23-5)12(2)6-15(11)18-19-16(13(3)24-18)9-20(4)8-14(22)10-21/h6-7,14,21-22H,8-10H2,1-5H3/t14-/m0/s1. The molecule has 1 heterocycles. The van der Waals surface area contributed by atoms with Gasteiger partial charge >= 0.3 is 0 Å². The summed E-state index contributed by atoms with van der Waals surface area (Å²) in [6.45, 7) is 6.54. The van der Waals surface area contributed by atoms with Gasteiger partial charge in [-0.3, -0.25) is 4.90 Å². The highest BCUT2D eigenvalue weighted by molar-refractivity contribution is 5.62. The number of nitrogens with zero attached hydrogens (tertiary/aromatic N) is 2. The fourth-order valence-electron chi connectivity index (χ4n) is 2.67. The normalized spacial score (nSPS) is 12.7. The Hall–Kier alpha value is -1.89. The molecule has 1 aromatic heterocycles. The number of aliphatic hydroxyl groups is 2. The second-order valence-electron chi connectivity index (χ2n) is 6.19. The van der Waals surface area contributed by atoms with Gasteiger partial charge in [0.1, 0.15) is 11.5 Å². The van der Waals surface area contributed by atoms with Crippen LogP contribution in [0.4, 0.5) is 0 Å². The van der Waals surface area contributed by atoms with E-state index in [1.165, 1.54) is 0 Å². The van der Waals surface area contributed by atoms with Gasteiger partial charge in [-0.15, -0.1) is 0 Å². The first-order chi connectivity index (χ1) is 11.3. The number of aromatic nitrogens is 1. The molecular formula is C18H26N2O4. The Morgan fingerprint density at radius 2 is 1.96 bits per heavy atom. The number of aryl methyl sites for hydroxylation is 3. The third kappa shape index (κ3) is 4.14. The molecule has 6 heteroatoms. The number of oxazole rings is 1. The van der Waals surface area contributed by atoms with Gasteiger partial charge in [0, 0.05) is 18.7 Å². The first kappa shape index (κ1) is 18.4. The van der Waals surface area contributed by atoms with Gasteiger partial charge < -0.3 is 19.4 Å². The highest BCUT2D eigenvalue weighted by Crippen LogP contribution is 2.30. The summed E-state index contributed by atoms with van der Waals surface area (Å²) in [6, 6.07) is 4.00. The molecule has 0 fully saturated rings. The molecule has 0 bridgehead atoms. The third-order valence-corrected chi connectivity index (χ3v) is 4.02. The molecule has 132 valence electrons. The van der Waals surface area contributed by atoms with Crippen LogP contribution in [-0.4, -0.2) is 53.5 Å². The van der Waals surface area contributed by atoms with Gasteiger partial charge in [0.05, 0.1) is 25.5 Å². The topological polar surface area (TPSA) is 79.0 Å². The van der Waals surface area contributed by atoms with Crippen molar-refractivity contribution < 1.29 is 19.4 Å². The van der Waals surface area contributed by atoms with Crippen molar-refractivity contribution in [1.29, 1.82) is 0 Å². The first-order valence-corrected chi connectivity index (χ1v) is 7.95. The van der Waals surface area contributed by atoms with Gasteiger partial charge in [-0.1, -0.05) is 0 Å². The molecule has 2 N–H and O–H groups in total. The molecule has 0 aliphatic rings. The van der Waals surface area contributed by atoms with Crippen LogP contribution in [0, 0.1) is 20.8 Å². The lowest BCUT2D eigenvalue weighted by Gasteiger charge is -2.18. The number of aliphatic hydroxyl groups excluding tert-OH is 2. The number of hydrogen-bond acceptors (Lipinski definition) is 6. The predicted octanol–water partition coefficient (Wildman–Crippen LogP) is 2.06. The molecule has 1 atom stereocenters. The van der Waals surface area contributed by atoms with Crippen LogP contribution in [0.25, 0.3) is 11.5 Å². The molecule has 0 amide bonds. The minimum Gasteiger partial charge on any atom is -0.496 e. The fraction of sp³-hybridized carbons (Fsp3) is 0.500. The third-order valence-electron chi connectivity index (χ3n) is 4.02. The summed E-state index contributed by atoms with van der Waals surface area (Å²) in [4.78, 5) is 6.52. The van der Waals surface area contributed by atoms with Gasteiger partial charge in [-0.2, -0.15) is 0 Å². The zero-order chi connectivity index (χ0) is 17.9. The summed E-state index contributed by atoms with van der Waals surface area (Å²) >= 11 is 0. The van der Waals surface area contributed by atoms with Crippen LogP contribution in [0.5, 0.6) is 5.75 Å². The van der Waals surface area contributed by atoms with E-state index in [0.29, 0.717) is 19.0 Å². The van der Waals surface area contributed by atoms with Gasteiger partial charge in [0.25, 0.3) is 0 Å². The van der Waals surface area contributed by atoms with E-state index in [1.807, 2.05) is 44.9 Å². The molecule has 0 aliphatic heterocycles. The van der Waals surface area contributed by atoms with Crippen molar-refractivity contribution >= 4 is 0 Å². The summed E-state index contributed by atoms with van der Waals surface area (Å²) in [5.41, 5.74) is 3.83. The molecular weight excluding hydrogens is 308 g/mol. The number of benzene rings is 1. The van der Waals surface area contributed by atoms with Crippen LogP contribution in [0.15, 0.2) is 16.5 Å². The highest BCUT2D eigenvalue weighted by Gasteiger charge is 2.17. The summed E-state index contributed by atoms with van der Waals surface area (Å²) in [7, 11) is 3.53. The van der Waals surface area contributed by atoms with Crippen LogP contribution in [0.3, 0.4) is 0 Å². The Morgan fingerprint density at radius 3 is 2.58 bits per heavy atom. The van der Waals surface area contributed by atoms with E-state index in [-0.39, 0.29) is 6.61 Å². The summed E-state index contributed by atoms with van der Waals surface area (Å²) < 4.78 is 11.2. The molecule has 2 rings (SSSR count). The molecule has 0 saturated carbocycles. The monoisotopic (exact) mass is 334 g/mol. The minimum atomic E-state index is -0.756. The van der Waals surface area contributed by atoms with E-state index in [0.717, 1.165) is 33.9 Å². The maximum Gasteiger partial charge on any atom is 0.226 e. The molecule has 24 heavy (non-hydrogen) atoms. The molecule has 2 aromatic rings. The smallest absolute Gasteiger partial charge is 0.226 e. The Balaban J connectivity index is 2.24. The van der Waals surface area contributed by atoms with E-state index in [4.69, 9.17) is 14.3 Å². The van der Waals surface area contributed by atoms with Crippen molar-refractivity contribution in [3.05, 3.63) is 34.7 Å². The van der Waals surface area contributed by atoms with Gasteiger partial charge in [0.15, 0.2) is 0 Å². The molecule has 0 radical (unpaired) electrons. The van der Waals surface area contributed by atoms with Crippen molar-refractivity contribution in [3.63, 3.8) is 0 Å². The Kier molecular flexibility index (Phi) is 5.99. The summed E-state index contributed by atoms with van der Waals surface area (Å²) in [6.07, 6.45) is -0.756. The first-order valence-electron chi connectivity index (χ1n) is 7.95. The maximum absolute atomic E-state index is 9.53. The molecule has 0 aliphatic carbocycles. The molecule has 0 spiro atoms. The van der Waals surface area contributed by atoms with Crippen molar-refractivity contribution in [2.45, 2.75) is 33.4 Å². The zero-order valence-electron chi connectivity index (χ0n) is 15.0. The van der Waals surface area contributed by atoms with E-state index < -0.39 is 6.10 Å². The molecule has 0 unspecified atom stereocenters. The van der Waals surface area contributed by atoms with Gasteiger partial charge in [-0.25, -0.2) is 4.98 Å². The van der Waals surface area contributed by atoms with Crippen LogP contribution in [0.1, 0.15) is 22.6 Å². The van der Waals surface area contributed by atoms with Crippen molar-refractivity contribution in [3.8, 4) is 17.2 Å². The molecule has 1 aromatic carbocycles. The molecule has 6 nitrogen and oxygen atoms in total. The van der Waals surface area contributed by atoms with Crippen molar-refractivity contribution in [1.82, 2.24) is 9.88 Å². The molecule has 0 saturated heterocycles. The fourth-order valence-corrected chi connectivity index (χ4v) is 2.67. The summed E-state index contributed by atoms with van der Waals surface area (Å²) in [5.74, 6) is 2.18. The number of rotatable bonds is 7. The summed E-state index contributed by atoms with van der Waals surface area (Å²) in [5, 5.41) is 18.5. The van der Waals surface area contributed by atoms with E-state index in [9.17, 15) is 5.11 Å². The van der Waals surface area contributed by atoms with Gasteiger partial charge in [-0.05, 0) is 51.1 Å². The number of ether oxygens (including phenoxy) is 1.